The van der Waals surface area contributed by atoms with Gasteiger partial charge in [-0.3, -0.25) is 10.1 Å². The topological polar surface area (TPSA) is 75.9 Å². The van der Waals surface area contributed by atoms with Crippen LogP contribution in [0.5, 0.6) is 0 Å². The van der Waals surface area contributed by atoms with Crippen LogP contribution in [-0.2, 0) is 11.3 Å². The molecular weight excluding hydrogens is 394 g/mol. The maximum Gasteiger partial charge on any atom is 0.429 e. The first-order valence-corrected chi connectivity index (χ1v) is 10.4. The van der Waals surface area contributed by atoms with Gasteiger partial charge in [0.15, 0.2) is 0 Å². The first-order valence-electron chi connectivity index (χ1n) is 10.4. The van der Waals surface area contributed by atoms with Crippen molar-refractivity contribution in [3.8, 4) is 0 Å². The van der Waals surface area contributed by atoms with E-state index in [1.54, 1.807) is 17.1 Å². The quantitative estimate of drug-likeness (QED) is 0.460. The molecule has 1 aliphatic rings. The van der Waals surface area contributed by atoms with E-state index in [-0.39, 0.29) is 17.6 Å². The van der Waals surface area contributed by atoms with E-state index in [1.807, 2.05) is 62.2 Å². The van der Waals surface area contributed by atoms with E-state index >= 15 is 0 Å². The number of benzene rings is 2. The number of non-ortho nitro benzene ring substituents is 1. The zero-order valence-electron chi connectivity index (χ0n) is 18.6. The molecule has 0 saturated heterocycles. The second-order valence-corrected chi connectivity index (χ2v) is 8.97. The summed E-state index contributed by atoms with van der Waals surface area (Å²) in [6.45, 7) is 10.2. The lowest BCUT2D eigenvalue weighted by molar-refractivity contribution is -0.384. The summed E-state index contributed by atoms with van der Waals surface area (Å²) >= 11 is 0. The molecule has 0 bridgehead atoms. The minimum atomic E-state index is -0.661. The number of hydrogen-bond acceptors (Lipinski definition) is 5. The molecule has 164 valence electrons. The second-order valence-electron chi connectivity index (χ2n) is 8.97. The van der Waals surface area contributed by atoms with Gasteiger partial charge in [0.2, 0.25) is 0 Å². The standard InChI is InChI=1S/C24H29N3O4/c1-17(2)21-15-22(19-11-13-20(14-12-19)27(29)30)26(23(28)31-24(3,4)5)25(21)16-18-9-7-6-8-10-18/h6-15,17,21H,16H2,1-5H3. The molecule has 3 rings (SSSR count). The minimum absolute atomic E-state index is 0.00714. The van der Waals surface area contributed by atoms with E-state index in [0.29, 0.717) is 12.2 Å². The lowest BCUT2D eigenvalue weighted by Gasteiger charge is -2.36. The van der Waals surface area contributed by atoms with Crippen LogP contribution in [0.15, 0.2) is 60.7 Å². The summed E-state index contributed by atoms with van der Waals surface area (Å²) in [4.78, 5) is 23.9. The third kappa shape index (κ3) is 5.30. The Hall–Kier alpha value is -3.19. The Bertz CT molecular complexity index is 963. The lowest BCUT2D eigenvalue weighted by Crippen LogP contribution is -2.48. The number of amides is 1. The maximum absolute atomic E-state index is 13.3. The Morgan fingerprint density at radius 1 is 1.10 bits per heavy atom. The van der Waals surface area contributed by atoms with Crippen molar-refractivity contribution >= 4 is 17.5 Å². The van der Waals surface area contributed by atoms with Crippen molar-refractivity contribution in [3.63, 3.8) is 0 Å². The van der Waals surface area contributed by atoms with Crippen LogP contribution in [0.4, 0.5) is 10.5 Å². The molecule has 1 heterocycles. The summed E-state index contributed by atoms with van der Waals surface area (Å²) in [6, 6.07) is 16.1. The number of nitrogens with zero attached hydrogens (tertiary/aromatic N) is 3. The number of rotatable bonds is 5. The van der Waals surface area contributed by atoms with Gasteiger partial charge in [0, 0.05) is 24.2 Å². The zero-order valence-corrected chi connectivity index (χ0v) is 18.6. The number of nitro benzene ring substituents is 1. The van der Waals surface area contributed by atoms with Crippen molar-refractivity contribution in [1.29, 1.82) is 0 Å². The van der Waals surface area contributed by atoms with E-state index in [4.69, 9.17) is 4.74 Å². The summed E-state index contributed by atoms with van der Waals surface area (Å²) in [5, 5.41) is 14.6. The van der Waals surface area contributed by atoms with Crippen LogP contribution in [-0.4, -0.2) is 32.7 Å². The summed E-state index contributed by atoms with van der Waals surface area (Å²) in [5.74, 6) is 0.226. The molecule has 0 aromatic heterocycles. The fourth-order valence-electron chi connectivity index (χ4n) is 3.55. The van der Waals surface area contributed by atoms with Crippen molar-refractivity contribution in [2.24, 2.45) is 5.92 Å². The molecule has 0 fully saturated rings. The molecule has 2 aromatic carbocycles. The molecular formula is C24H29N3O4. The number of carbonyl (C=O) groups is 1. The molecule has 1 atom stereocenters. The highest BCUT2D eigenvalue weighted by molar-refractivity contribution is 5.83. The Balaban J connectivity index is 2.04. The van der Waals surface area contributed by atoms with E-state index < -0.39 is 16.6 Å². The van der Waals surface area contributed by atoms with Crippen LogP contribution in [0, 0.1) is 16.0 Å². The van der Waals surface area contributed by atoms with Crippen molar-refractivity contribution in [1.82, 2.24) is 10.0 Å². The number of carbonyl (C=O) groups excluding carboxylic acids is 1. The third-order valence-electron chi connectivity index (χ3n) is 4.97. The van der Waals surface area contributed by atoms with Gasteiger partial charge in [-0.05, 0) is 50.5 Å². The monoisotopic (exact) mass is 423 g/mol. The minimum Gasteiger partial charge on any atom is -0.442 e. The molecule has 31 heavy (non-hydrogen) atoms. The van der Waals surface area contributed by atoms with Gasteiger partial charge in [0.05, 0.1) is 16.7 Å². The number of hydrazine groups is 1. The normalized spacial score (nSPS) is 17.0. The van der Waals surface area contributed by atoms with Gasteiger partial charge >= 0.3 is 6.09 Å². The highest BCUT2D eigenvalue weighted by Crippen LogP contribution is 2.36. The van der Waals surface area contributed by atoms with E-state index in [9.17, 15) is 14.9 Å². The van der Waals surface area contributed by atoms with Gasteiger partial charge < -0.3 is 4.74 Å². The molecule has 0 aliphatic carbocycles. The van der Waals surface area contributed by atoms with Gasteiger partial charge in [-0.1, -0.05) is 44.2 Å². The average molecular weight is 424 g/mol. The fourth-order valence-corrected chi connectivity index (χ4v) is 3.55. The number of ether oxygens (including phenoxy) is 1. The summed E-state index contributed by atoms with van der Waals surface area (Å²) in [7, 11) is 0. The predicted octanol–water partition coefficient (Wildman–Crippen LogP) is 5.63. The van der Waals surface area contributed by atoms with Crippen LogP contribution in [0.3, 0.4) is 0 Å². The third-order valence-corrected chi connectivity index (χ3v) is 4.97. The van der Waals surface area contributed by atoms with Gasteiger partial charge in [-0.25, -0.2) is 9.80 Å². The van der Waals surface area contributed by atoms with Crippen LogP contribution < -0.4 is 0 Å². The molecule has 2 aromatic rings. The zero-order chi connectivity index (χ0) is 22.8. The second kappa shape index (κ2) is 8.89. The van der Waals surface area contributed by atoms with Gasteiger partial charge in [0.1, 0.15) is 5.60 Å². The van der Waals surface area contributed by atoms with Crippen molar-refractivity contribution in [3.05, 3.63) is 81.9 Å². The Labute approximate surface area is 183 Å². The number of nitro groups is 1. The summed E-state index contributed by atoms with van der Waals surface area (Å²) in [6.07, 6.45) is 1.56. The Morgan fingerprint density at radius 2 is 1.71 bits per heavy atom. The largest absolute Gasteiger partial charge is 0.442 e. The first kappa shape index (κ1) is 22.5. The first-order chi connectivity index (χ1) is 14.6. The lowest BCUT2D eigenvalue weighted by atomic mass is 10.0. The molecule has 1 aliphatic heterocycles. The van der Waals surface area contributed by atoms with Crippen molar-refractivity contribution in [2.45, 2.75) is 52.8 Å². The van der Waals surface area contributed by atoms with Crippen LogP contribution >= 0.6 is 0 Å². The van der Waals surface area contributed by atoms with Gasteiger partial charge in [0.25, 0.3) is 5.69 Å². The molecule has 0 radical (unpaired) electrons. The van der Waals surface area contributed by atoms with Crippen LogP contribution in [0.2, 0.25) is 0 Å². The van der Waals surface area contributed by atoms with Crippen LogP contribution in [0.25, 0.3) is 5.70 Å². The van der Waals surface area contributed by atoms with Crippen LogP contribution in [0.1, 0.15) is 45.7 Å². The van der Waals surface area contributed by atoms with Gasteiger partial charge in [-0.2, -0.15) is 5.01 Å². The number of hydrogen-bond donors (Lipinski definition) is 0. The molecule has 1 unspecified atom stereocenters. The fraction of sp³-hybridized carbons (Fsp3) is 0.375. The predicted molar refractivity (Wildman–Crippen MR) is 120 cm³/mol. The molecule has 1 amide bonds. The smallest absolute Gasteiger partial charge is 0.429 e. The SMILES string of the molecule is CC(C)C1C=C(c2ccc([N+](=O)[O-])cc2)N(C(=O)OC(C)(C)C)N1Cc1ccccc1. The molecule has 0 N–H and O–H groups in total. The van der Waals surface area contributed by atoms with E-state index in [0.717, 1.165) is 11.1 Å². The molecule has 7 nitrogen and oxygen atoms in total. The van der Waals surface area contributed by atoms with E-state index in [2.05, 4.69) is 13.8 Å². The van der Waals surface area contributed by atoms with Crippen molar-refractivity contribution in [2.75, 3.05) is 0 Å². The Morgan fingerprint density at radius 3 is 2.23 bits per heavy atom. The summed E-state index contributed by atoms with van der Waals surface area (Å²) < 4.78 is 5.73. The highest BCUT2D eigenvalue weighted by Gasteiger charge is 2.40. The Kier molecular flexibility index (Phi) is 6.45. The van der Waals surface area contributed by atoms with Gasteiger partial charge in [-0.15, -0.1) is 0 Å². The molecule has 0 spiro atoms. The maximum atomic E-state index is 13.3. The molecule has 0 saturated carbocycles. The van der Waals surface area contributed by atoms with E-state index in [1.165, 1.54) is 12.1 Å². The van der Waals surface area contributed by atoms with Crippen molar-refractivity contribution < 1.29 is 14.5 Å². The highest BCUT2D eigenvalue weighted by atomic mass is 16.6. The average Bonchev–Trinajstić information content (AvgIpc) is 3.07. The summed E-state index contributed by atoms with van der Waals surface area (Å²) in [5.41, 5.74) is 1.80. The molecule has 7 heteroatoms.